The summed E-state index contributed by atoms with van der Waals surface area (Å²) >= 11 is 0. The number of para-hydroxylation sites is 3. The van der Waals surface area contributed by atoms with Crippen LogP contribution in [0.25, 0.3) is 87.7 Å². The second-order valence-corrected chi connectivity index (χ2v) is 10.8. The molecule has 3 aromatic heterocycles. The number of pyridine rings is 3. The summed E-state index contributed by atoms with van der Waals surface area (Å²) in [6.45, 7) is 0. The Morgan fingerprint density at radius 3 is 1.29 bits per heavy atom. The van der Waals surface area contributed by atoms with Gasteiger partial charge in [-0.15, -0.1) is 0 Å². The van der Waals surface area contributed by atoms with Crippen LogP contribution < -0.4 is 0 Å². The molecular weight excluding hydrogens is 510 g/mol. The van der Waals surface area contributed by atoms with Crippen LogP contribution in [-0.4, -0.2) is 15.0 Å². The Hall–Kier alpha value is -5.67. The second-order valence-electron chi connectivity index (χ2n) is 10.8. The summed E-state index contributed by atoms with van der Waals surface area (Å²) in [5.74, 6) is 0. The van der Waals surface area contributed by atoms with Crippen molar-refractivity contribution < 1.29 is 0 Å². The number of nitrogens with zero attached hydrogens (tertiary/aromatic N) is 3. The first-order valence-corrected chi connectivity index (χ1v) is 14.2. The highest BCUT2D eigenvalue weighted by molar-refractivity contribution is 6.15. The first-order chi connectivity index (χ1) is 20.8. The quantitative estimate of drug-likeness (QED) is 0.208. The van der Waals surface area contributed by atoms with Gasteiger partial charge in [0.05, 0.1) is 33.1 Å². The molecule has 0 amide bonds. The Balaban J connectivity index is 1.44. The maximum atomic E-state index is 5.10. The molecule has 9 rings (SSSR count). The minimum atomic E-state index is 0.974. The molecule has 3 heteroatoms. The van der Waals surface area contributed by atoms with Crippen molar-refractivity contribution in [3.05, 3.63) is 140 Å². The molecule has 0 saturated carbocycles. The van der Waals surface area contributed by atoms with Crippen molar-refractivity contribution in [3.63, 3.8) is 0 Å². The topological polar surface area (TPSA) is 38.7 Å². The third kappa shape index (κ3) is 3.50. The van der Waals surface area contributed by atoms with Gasteiger partial charge in [-0.25, -0.2) is 15.0 Å². The van der Waals surface area contributed by atoms with Crippen molar-refractivity contribution in [2.75, 3.05) is 0 Å². The molecule has 0 aliphatic heterocycles. The van der Waals surface area contributed by atoms with E-state index in [1.54, 1.807) is 0 Å². The van der Waals surface area contributed by atoms with Crippen LogP contribution in [0.15, 0.2) is 140 Å². The van der Waals surface area contributed by atoms with E-state index in [0.717, 1.165) is 87.7 Å². The maximum Gasteiger partial charge on any atom is 0.0716 e. The van der Waals surface area contributed by atoms with E-state index >= 15 is 0 Å². The molecule has 194 valence electrons. The fourth-order valence-corrected chi connectivity index (χ4v) is 6.41. The largest absolute Gasteiger partial charge is 0.248 e. The lowest BCUT2D eigenvalue weighted by molar-refractivity contribution is 1.48. The highest BCUT2D eigenvalue weighted by atomic mass is 14.7. The van der Waals surface area contributed by atoms with Gasteiger partial charge in [0, 0.05) is 32.3 Å². The molecule has 0 saturated heterocycles. The van der Waals surface area contributed by atoms with E-state index < -0.39 is 0 Å². The molecule has 42 heavy (non-hydrogen) atoms. The van der Waals surface area contributed by atoms with Crippen LogP contribution in [0.5, 0.6) is 0 Å². The van der Waals surface area contributed by atoms with Crippen molar-refractivity contribution in [2.24, 2.45) is 0 Å². The number of rotatable bonds is 2. The number of aromatic nitrogens is 3. The van der Waals surface area contributed by atoms with E-state index in [9.17, 15) is 0 Å². The average molecular weight is 534 g/mol. The molecule has 3 nitrogen and oxygen atoms in total. The first kappa shape index (κ1) is 23.1. The van der Waals surface area contributed by atoms with Gasteiger partial charge in [0.25, 0.3) is 0 Å². The number of hydrogen-bond acceptors (Lipinski definition) is 3. The first-order valence-electron chi connectivity index (χ1n) is 14.2. The van der Waals surface area contributed by atoms with Gasteiger partial charge >= 0.3 is 0 Å². The van der Waals surface area contributed by atoms with Crippen molar-refractivity contribution in [2.45, 2.75) is 0 Å². The monoisotopic (exact) mass is 533 g/mol. The molecule has 6 aromatic carbocycles. The highest BCUT2D eigenvalue weighted by Gasteiger charge is 2.18. The van der Waals surface area contributed by atoms with Crippen LogP contribution in [0.2, 0.25) is 0 Å². The summed E-state index contributed by atoms with van der Waals surface area (Å²) < 4.78 is 0. The molecule has 0 radical (unpaired) electrons. The Morgan fingerprint density at radius 2 is 0.714 bits per heavy atom. The third-order valence-corrected chi connectivity index (χ3v) is 8.38. The summed E-state index contributed by atoms with van der Waals surface area (Å²) in [7, 11) is 0. The van der Waals surface area contributed by atoms with E-state index in [4.69, 9.17) is 15.0 Å². The van der Waals surface area contributed by atoms with E-state index in [1.807, 2.05) is 18.2 Å². The predicted octanol–water partition coefficient (Wildman–Crippen LogP) is 10.1. The van der Waals surface area contributed by atoms with Crippen molar-refractivity contribution in [1.82, 2.24) is 15.0 Å². The van der Waals surface area contributed by atoms with E-state index in [0.29, 0.717) is 0 Å². The van der Waals surface area contributed by atoms with Crippen molar-refractivity contribution in [3.8, 4) is 22.3 Å². The predicted molar refractivity (Wildman–Crippen MR) is 176 cm³/mol. The van der Waals surface area contributed by atoms with Gasteiger partial charge in [-0.3, -0.25) is 0 Å². The highest BCUT2D eigenvalue weighted by Crippen LogP contribution is 2.43. The van der Waals surface area contributed by atoms with Crippen LogP contribution in [0.4, 0.5) is 0 Å². The van der Waals surface area contributed by atoms with Gasteiger partial charge in [-0.05, 0) is 76.9 Å². The van der Waals surface area contributed by atoms with Crippen molar-refractivity contribution >= 4 is 65.4 Å². The standard InChI is InChI=1S/C39H23N3/c1-4-14-33-24(9-1)21-30-27(12-7-17-36(30)40-33)29-19-20-38-32(23-26-11-3-6-16-35(26)42-38)39(29)28-13-8-18-37-31(28)22-25-10-2-5-15-34(25)41-37/h1-23H. The zero-order chi connectivity index (χ0) is 27.6. The molecule has 0 N–H and O–H groups in total. The molecule has 0 unspecified atom stereocenters. The number of hydrogen-bond donors (Lipinski definition) is 0. The molecule has 3 heterocycles. The van der Waals surface area contributed by atoms with E-state index in [1.165, 1.54) is 0 Å². The van der Waals surface area contributed by atoms with Crippen LogP contribution >= 0.6 is 0 Å². The Bertz CT molecular complexity index is 2530. The van der Waals surface area contributed by atoms with Gasteiger partial charge in [0.1, 0.15) is 0 Å². The Morgan fingerprint density at radius 1 is 0.286 bits per heavy atom. The van der Waals surface area contributed by atoms with Crippen LogP contribution in [0.3, 0.4) is 0 Å². The lowest BCUT2D eigenvalue weighted by Crippen LogP contribution is -1.94. The van der Waals surface area contributed by atoms with E-state index in [-0.39, 0.29) is 0 Å². The van der Waals surface area contributed by atoms with Gasteiger partial charge in [0.2, 0.25) is 0 Å². The van der Waals surface area contributed by atoms with Crippen LogP contribution in [0, 0.1) is 0 Å². The molecule has 0 atom stereocenters. The lowest BCUT2D eigenvalue weighted by atomic mass is 9.87. The number of fused-ring (bicyclic) bond motifs is 6. The maximum absolute atomic E-state index is 5.10. The molecule has 0 bridgehead atoms. The minimum Gasteiger partial charge on any atom is -0.248 e. The zero-order valence-corrected chi connectivity index (χ0v) is 22.6. The fourth-order valence-electron chi connectivity index (χ4n) is 6.41. The van der Waals surface area contributed by atoms with Gasteiger partial charge in [0.15, 0.2) is 0 Å². The second kappa shape index (κ2) is 8.92. The third-order valence-electron chi connectivity index (χ3n) is 8.38. The summed E-state index contributed by atoms with van der Waals surface area (Å²) in [5, 5.41) is 6.77. The van der Waals surface area contributed by atoms with E-state index in [2.05, 4.69) is 121 Å². The van der Waals surface area contributed by atoms with Crippen LogP contribution in [0.1, 0.15) is 0 Å². The molecule has 0 aliphatic rings. The average Bonchev–Trinajstić information content (AvgIpc) is 3.04. The zero-order valence-electron chi connectivity index (χ0n) is 22.6. The molecule has 0 fully saturated rings. The van der Waals surface area contributed by atoms with Gasteiger partial charge < -0.3 is 0 Å². The Kier molecular flexibility index (Phi) is 4.90. The van der Waals surface area contributed by atoms with Gasteiger partial charge in [-0.1, -0.05) is 84.9 Å². The summed E-state index contributed by atoms with van der Waals surface area (Å²) in [5.41, 5.74) is 10.6. The minimum absolute atomic E-state index is 0.974. The number of benzene rings is 6. The smallest absolute Gasteiger partial charge is 0.0716 e. The molecule has 9 aromatic rings. The molecular formula is C39H23N3. The lowest BCUT2D eigenvalue weighted by Gasteiger charge is -2.18. The fraction of sp³-hybridized carbons (Fsp3) is 0. The van der Waals surface area contributed by atoms with Crippen LogP contribution in [-0.2, 0) is 0 Å². The molecule has 0 spiro atoms. The SMILES string of the molecule is c1ccc2nc3cccc(-c4ccc5nc6ccccc6cc5c4-c4cccc5nc6ccccc6cc45)c3cc2c1. The summed E-state index contributed by atoms with van der Waals surface area (Å²) in [6, 6.07) is 49.2. The molecule has 0 aliphatic carbocycles. The van der Waals surface area contributed by atoms with Crippen molar-refractivity contribution in [1.29, 1.82) is 0 Å². The Labute approximate surface area is 241 Å². The summed E-state index contributed by atoms with van der Waals surface area (Å²) in [4.78, 5) is 15.2. The normalized spacial score (nSPS) is 11.8. The summed E-state index contributed by atoms with van der Waals surface area (Å²) in [6.07, 6.45) is 0. The van der Waals surface area contributed by atoms with Gasteiger partial charge in [-0.2, -0.15) is 0 Å².